The summed E-state index contributed by atoms with van der Waals surface area (Å²) in [7, 11) is -3.71. The molecule has 2 N–H and O–H groups in total. The first-order valence-corrected chi connectivity index (χ1v) is 7.59. The number of carbonyl (C=O) groups excluding carboxylic acids is 2. The van der Waals surface area contributed by atoms with Crippen molar-refractivity contribution in [3.8, 4) is 5.75 Å². The molecule has 2 rings (SSSR count). The molecule has 1 aliphatic heterocycles. The molecule has 1 heterocycles. The van der Waals surface area contributed by atoms with Crippen molar-refractivity contribution in [1.82, 2.24) is 0 Å². The second-order valence-electron chi connectivity index (χ2n) is 4.25. The Bertz CT molecular complexity index is 608. The zero-order valence-corrected chi connectivity index (χ0v) is 11.4. The van der Waals surface area contributed by atoms with E-state index in [1.165, 1.54) is 24.3 Å². The summed E-state index contributed by atoms with van der Waals surface area (Å²) in [6.45, 7) is -0.0306. The first-order valence-electron chi connectivity index (χ1n) is 6.01. The molecule has 108 valence electrons. The average molecular weight is 298 g/mol. The smallest absolute Gasteiger partial charge is 0.310 e. The molecule has 0 spiro atoms. The van der Waals surface area contributed by atoms with Gasteiger partial charge in [-0.15, -0.1) is 0 Å². The predicted octanol–water partition coefficient (Wildman–Crippen LogP) is 0.00730. The Hall–Kier alpha value is -1.93. The van der Waals surface area contributed by atoms with Crippen LogP contribution in [0.2, 0.25) is 0 Å². The molecule has 20 heavy (non-hydrogen) atoms. The van der Waals surface area contributed by atoms with E-state index < -0.39 is 10.1 Å². The number of hydrogen-bond acceptors (Lipinski definition) is 6. The fourth-order valence-electron chi connectivity index (χ4n) is 1.85. The van der Waals surface area contributed by atoms with E-state index >= 15 is 0 Å². The summed E-state index contributed by atoms with van der Waals surface area (Å²) in [6, 6.07) is 5.72. The second kappa shape index (κ2) is 5.59. The molecule has 1 saturated heterocycles. The Balaban J connectivity index is 2.15. The quantitative estimate of drug-likeness (QED) is 0.606. The van der Waals surface area contributed by atoms with Crippen molar-refractivity contribution < 1.29 is 22.2 Å². The van der Waals surface area contributed by atoms with E-state index in [1.54, 1.807) is 0 Å². The van der Waals surface area contributed by atoms with Gasteiger partial charge in [-0.1, -0.05) is 0 Å². The van der Waals surface area contributed by atoms with Gasteiger partial charge >= 0.3 is 10.1 Å². The molecule has 1 aromatic carbocycles. The van der Waals surface area contributed by atoms with Gasteiger partial charge in [-0.05, 0) is 24.3 Å². The maximum absolute atomic E-state index is 11.5. The number of imide groups is 1. The molecule has 1 aliphatic rings. The minimum absolute atomic E-state index is 0.0306. The normalized spacial score (nSPS) is 15.8. The fraction of sp³-hybridized carbons (Fsp3) is 0.333. The molecule has 0 radical (unpaired) electrons. The van der Waals surface area contributed by atoms with E-state index in [9.17, 15) is 18.0 Å². The number of benzene rings is 1. The Morgan fingerprint density at radius 1 is 1.10 bits per heavy atom. The molecule has 8 heteroatoms. The van der Waals surface area contributed by atoms with Crippen LogP contribution in [0.3, 0.4) is 0 Å². The first kappa shape index (κ1) is 14.5. The molecule has 1 aromatic rings. The Labute approximate surface area is 116 Å². The van der Waals surface area contributed by atoms with Crippen molar-refractivity contribution in [2.24, 2.45) is 5.73 Å². The highest BCUT2D eigenvalue weighted by Crippen LogP contribution is 2.25. The highest BCUT2D eigenvalue weighted by Gasteiger charge is 2.30. The Morgan fingerprint density at radius 3 is 2.15 bits per heavy atom. The van der Waals surface area contributed by atoms with Crippen LogP contribution < -0.4 is 14.8 Å². The van der Waals surface area contributed by atoms with Crippen LogP contribution in [-0.4, -0.2) is 32.5 Å². The third kappa shape index (κ3) is 3.14. The van der Waals surface area contributed by atoms with Crippen LogP contribution in [-0.2, 0) is 19.7 Å². The summed E-state index contributed by atoms with van der Waals surface area (Å²) in [5.74, 6) is -0.696. The molecular formula is C12H14N2O5S. The highest BCUT2D eigenvalue weighted by molar-refractivity contribution is 7.87. The lowest BCUT2D eigenvalue weighted by Crippen LogP contribution is -2.28. The summed E-state index contributed by atoms with van der Waals surface area (Å²) >= 11 is 0. The SMILES string of the molecule is NCCS(=O)(=O)Oc1ccc(N2C(=O)CCC2=O)cc1. The van der Waals surface area contributed by atoms with E-state index in [0.717, 1.165) is 4.90 Å². The molecule has 1 fully saturated rings. The summed E-state index contributed by atoms with van der Waals surface area (Å²) in [4.78, 5) is 24.2. The standard InChI is InChI=1S/C12H14N2O5S/c13-7-8-20(17,18)19-10-3-1-9(2-4-10)14-11(15)5-6-12(14)16/h1-4H,5-8,13H2. The second-order valence-corrected chi connectivity index (χ2v) is 5.94. The number of carbonyl (C=O) groups is 2. The summed E-state index contributed by atoms with van der Waals surface area (Å²) in [5.41, 5.74) is 5.57. The topological polar surface area (TPSA) is 107 Å². The van der Waals surface area contributed by atoms with Crippen molar-refractivity contribution in [2.75, 3.05) is 17.2 Å². The number of anilines is 1. The highest BCUT2D eigenvalue weighted by atomic mass is 32.2. The third-order valence-corrected chi connectivity index (χ3v) is 3.92. The van der Waals surface area contributed by atoms with E-state index in [-0.39, 0.29) is 42.7 Å². The lowest BCUT2D eigenvalue weighted by Gasteiger charge is -2.14. The van der Waals surface area contributed by atoms with Crippen LogP contribution in [0.15, 0.2) is 24.3 Å². The van der Waals surface area contributed by atoms with E-state index in [4.69, 9.17) is 9.92 Å². The average Bonchev–Trinajstić information content (AvgIpc) is 2.70. The monoisotopic (exact) mass is 298 g/mol. The van der Waals surface area contributed by atoms with Crippen LogP contribution >= 0.6 is 0 Å². The molecule has 0 aromatic heterocycles. The molecule has 2 amide bonds. The van der Waals surface area contributed by atoms with Crippen molar-refractivity contribution in [1.29, 1.82) is 0 Å². The molecule has 7 nitrogen and oxygen atoms in total. The maximum Gasteiger partial charge on any atom is 0.310 e. The zero-order chi connectivity index (χ0) is 14.8. The van der Waals surface area contributed by atoms with Gasteiger partial charge in [-0.3, -0.25) is 14.5 Å². The first-order chi connectivity index (χ1) is 9.43. The molecule has 0 unspecified atom stereocenters. The van der Waals surface area contributed by atoms with Gasteiger partial charge in [-0.25, -0.2) is 0 Å². The number of rotatable bonds is 5. The van der Waals surface area contributed by atoms with Crippen molar-refractivity contribution in [3.63, 3.8) is 0 Å². The lowest BCUT2D eigenvalue weighted by atomic mass is 10.3. The Morgan fingerprint density at radius 2 is 1.65 bits per heavy atom. The van der Waals surface area contributed by atoms with Gasteiger partial charge in [0.15, 0.2) is 0 Å². The van der Waals surface area contributed by atoms with Crippen molar-refractivity contribution in [2.45, 2.75) is 12.8 Å². The van der Waals surface area contributed by atoms with Gasteiger partial charge in [0.1, 0.15) is 5.75 Å². The largest absolute Gasteiger partial charge is 0.382 e. The van der Waals surface area contributed by atoms with E-state index in [1.807, 2.05) is 0 Å². The van der Waals surface area contributed by atoms with Crippen LogP contribution in [0, 0.1) is 0 Å². The van der Waals surface area contributed by atoms with Crippen molar-refractivity contribution >= 4 is 27.6 Å². The van der Waals surface area contributed by atoms with Gasteiger partial charge in [0, 0.05) is 19.4 Å². The van der Waals surface area contributed by atoms with E-state index in [2.05, 4.69) is 0 Å². The molecule has 0 bridgehead atoms. The lowest BCUT2D eigenvalue weighted by molar-refractivity contribution is -0.121. The fourth-order valence-corrected chi connectivity index (χ4v) is 2.62. The molecular weight excluding hydrogens is 284 g/mol. The van der Waals surface area contributed by atoms with Gasteiger partial charge in [0.05, 0.1) is 11.4 Å². The summed E-state index contributed by atoms with van der Waals surface area (Å²) in [6.07, 6.45) is 0.393. The Kier molecular flexibility index (Phi) is 4.05. The summed E-state index contributed by atoms with van der Waals surface area (Å²) in [5, 5.41) is 0. The zero-order valence-electron chi connectivity index (χ0n) is 10.6. The molecule has 0 aliphatic carbocycles. The third-order valence-electron chi connectivity index (χ3n) is 2.74. The number of hydrogen-bond donors (Lipinski definition) is 1. The minimum Gasteiger partial charge on any atom is -0.382 e. The number of nitrogens with zero attached hydrogens (tertiary/aromatic N) is 1. The number of nitrogens with two attached hydrogens (primary N) is 1. The van der Waals surface area contributed by atoms with Crippen LogP contribution in [0.25, 0.3) is 0 Å². The number of amides is 2. The van der Waals surface area contributed by atoms with Gasteiger partial charge in [0.2, 0.25) is 11.8 Å². The van der Waals surface area contributed by atoms with Gasteiger partial charge < -0.3 is 9.92 Å². The minimum atomic E-state index is -3.71. The van der Waals surface area contributed by atoms with Crippen LogP contribution in [0.4, 0.5) is 5.69 Å². The van der Waals surface area contributed by atoms with Crippen LogP contribution in [0.5, 0.6) is 5.75 Å². The molecule has 0 atom stereocenters. The van der Waals surface area contributed by atoms with E-state index in [0.29, 0.717) is 5.69 Å². The maximum atomic E-state index is 11.5. The van der Waals surface area contributed by atoms with Gasteiger partial charge in [0.25, 0.3) is 0 Å². The summed E-state index contributed by atoms with van der Waals surface area (Å²) < 4.78 is 27.7. The van der Waals surface area contributed by atoms with Crippen LogP contribution in [0.1, 0.15) is 12.8 Å². The van der Waals surface area contributed by atoms with Gasteiger partial charge in [-0.2, -0.15) is 8.42 Å². The molecule has 0 saturated carbocycles. The van der Waals surface area contributed by atoms with Crippen molar-refractivity contribution in [3.05, 3.63) is 24.3 Å². The predicted molar refractivity (Wildman–Crippen MR) is 71.6 cm³/mol.